The van der Waals surface area contributed by atoms with E-state index >= 15 is 0 Å². The van der Waals surface area contributed by atoms with E-state index < -0.39 is 5.97 Å². The number of hydrogen-bond donors (Lipinski definition) is 1. The first-order valence-electron chi connectivity index (χ1n) is 8.44. The normalized spacial score (nSPS) is 10.4. The van der Waals surface area contributed by atoms with Crippen molar-refractivity contribution in [3.05, 3.63) is 64.1 Å². The van der Waals surface area contributed by atoms with Crippen molar-refractivity contribution in [2.75, 3.05) is 12.0 Å². The highest BCUT2D eigenvalue weighted by Crippen LogP contribution is 2.35. The molecule has 150 valence electrons. The molecule has 0 fully saturated rings. The number of carbonyl (C=O) groups excluding carboxylic acids is 2. The molecule has 0 aliphatic carbocycles. The molecule has 0 aliphatic heterocycles. The first kappa shape index (κ1) is 20.6. The van der Waals surface area contributed by atoms with Crippen LogP contribution in [0.25, 0.3) is 0 Å². The number of halogens is 1. The predicted octanol–water partition coefficient (Wildman–Crippen LogP) is 4.55. The number of aromatic nitrogens is 1. The van der Waals surface area contributed by atoms with Crippen LogP contribution in [0.15, 0.2) is 47.8 Å². The van der Waals surface area contributed by atoms with Crippen molar-refractivity contribution < 1.29 is 24.2 Å². The maximum absolute atomic E-state index is 12.3. The van der Waals surface area contributed by atoms with Gasteiger partial charge < -0.3 is 14.6 Å². The topological polar surface area (TPSA) is 89.0 Å². The minimum absolute atomic E-state index is 0.00392. The quantitative estimate of drug-likeness (QED) is 0.575. The lowest BCUT2D eigenvalue weighted by Gasteiger charge is -2.20. The van der Waals surface area contributed by atoms with Crippen molar-refractivity contribution in [2.45, 2.75) is 13.5 Å². The van der Waals surface area contributed by atoms with E-state index in [1.54, 1.807) is 29.6 Å². The highest BCUT2D eigenvalue weighted by atomic mass is 35.5. The van der Waals surface area contributed by atoms with Gasteiger partial charge in [-0.25, -0.2) is 9.78 Å². The number of para-hydroxylation sites is 2. The maximum atomic E-state index is 12.3. The predicted molar refractivity (Wildman–Crippen MR) is 110 cm³/mol. The summed E-state index contributed by atoms with van der Waals surface area (Å²) in [5, 5.41) is 12.2. The van der Waals surface area contributed by atoms with Gasteiger partial charge in [-0.05, 0) is 30.3 Å². The number of benzene rings is 2. The van der Waals surface area contributed by atoms with Crippen molar-refractivity contribution in [3.8, 4) is 11.5 Å². The highest BCUT2D eigenvalue weighted by molar-refractivity contribution is 7.14. The Balaban J connectivity index is 1.77. The molecule has 0 saturated heterocycles. The molecule has 9 heteroatoms. The van der Waals surface area contributed by atoms with Gasteiger partial charge in [-0.1, -0.05) is 23.7 Å². The van der Waals surface area contributed by atoms with E-state index in [4.69, 9.17) is 21.1 Å². The monoisotopic (exact) mass is 432 g/mol. The molecule has 0 bridgehead atoms. The summed E-state index contributed by atoms with van der Waals surface area (Å²) in [4.78, 5) is 30.2. The van der Waals surface area contributed by atoms with Crippen LogP contribution in [0.3, 0.4) is 0 Å². The van der Waals surface area contributed by atoms with E-state index in [0.717, 1.165) is 0 Å². The van der Waals surface area contributed by atoms with Gasteiger partial charge in [0.15, 0.2) is 5.13 Å². The summed E-state index contributed by atoms with van der Waals surface area (Å²) in [5.41, 5.74) is 1.03. The third kappa shape index (κ3) is 4.67. The van der Waals surface area contributed by atoms with Gasteiger partial charge >= 0.3 is 5.97 Å². The van der Waals surface area contributed by atoms with Crippen LogP contribution < -0.4 is 9.64 Å². The van der Waals surface area contributed by atoms with Crippen LogP contribution in [0.1, 0.15) is 23.0 Å². The van der Waals surface area contributed by atoms with Crippen molar-refractivity contribution in [1.82, 2.24) is 4.98 Å². The average molecular weight is 433 g/mol. The number of nitrogens with zero attached hydrogens (tertiary/aromatic N) is 2. The Morgan fingerprint density at radius 1 is 1.24 bits per heavy atom. The number of esters is 1. The van der Waals surface area contributed by atoms with Crippen molar-refractivity contribution in [1.29, 1.82) is 0 Å². The number of amides is 1. The summed E-state index contributed by atoms with van der Waals surface area (Å²) < 4.78 is 10.5. The lowest BCUT2D eigenvalue weighted by molar-refractivity contribution is -0.115. The number of anilines is 2. The number of methoxy groups -OCH3 is 1. The fraction of sp³-hybridized carbons (Fsp3) is 0.150. The van der Waals surface area contributed by atoms with Crippen LogP contribution >= 0.6 is 22.9 Å². The molecule has 29 heavy (non-hydrogen) atoms. The number of phenolic OH excluding ortho intramolecular Hbond substituents is 1. The molecule has 0 atom stereocenters. The molecule has 3 rings (SSSR count). The summed E-state index contributed by atoms with van der Waals surface area (Å²) in [6.07, 6.45) is 0. The van der Waals surface area contributed by atoms with Crippen LogP contribution in [-0.4, -0.2) is 29.1 Å². The van der Waals surface area contributed by atoms with E-state index in [1.807, 2.05) is 0 Å². The van der Waals surface area contributed by atoms with E-state index in [-0.39, 0.29) is 23.8 Å². The summed E-state index contributed by atoms with van der Waals surface area (Å²) >= 11 is 7.00. The number of thiazole rings is 1. The zero-order valence-corrected chi connectivity index (χ0v) is 17.2. The fourth-order valence-electron chi connectivity index (χ4n) is 2.58. The van der Waals surface area contributed by atoms with E-state index in [2.05, 4.69) is 4.98 Å². The standard InChI is InChI=1S/C20H17ClN2O5S/c1-12(24)23(16-5-3-4-6-18(16)27-2)20-22-14(11-29-20)10-28-19(26)15-8-7-13(21)9-17(15)25/h3-9,11,25H,10H2,1-2H3. The maximum Gasteiger partial charge on any atom is 0.342 e. The average Bonchev–Trinajstić information content (AvgIpc) is 3.15. The number of carbonyl (C=O) groups is 2. The number of ether oxygens (including phenoxy) is 2. The van der Waals surface area contributed by atoms with Crippen LogP contribution in [-0.2, 0) is 16.1 Å². The smallest absolute Gasteiger partial charge is 0.342 e. The van der Waals surface area contributed by atoms with Gasteiger partial charge in [-0.15, -0.1) is 11.3 Å². The SMILES string of the molecule is COc1ccccc1N(C(C)=O)c1nc(COC(=O)c2ccc(Cl)cc2O)cs1. The molecule has 1 heterocycles. The molecule has 0 spiro atoms. The molecule has 3 aromatic rings. The van der Waals surface area contributed by atoms with E-state index in [9.17, 15) is 14.7 Å². The van der Waals surface area contributed by atoms with Gasteiger partial charge in [-0.2, -0.15) is 0 Å². The minimum Gasteiger partial charge on any atom is -0.507 e. The zero-order valence-electron chi connectivity index (χ0n) is 15.6. The molecular formula is C20H17ClN2O5S. The Kier molecular flexibility index (Phi) is 6.36. The van der Waals surface area contributed by atoms with Gasteiger partial charge in [0.05, 0.1) is 18.5 Å². The molecule has 0 radical (unpaired) electrons. The fourth-order valence-corrected chi connectivity index (χ4v) is 3.61. The Morgan fingerprint density at radius 2 is 2.00 bits per heavy atom. The van der Waals surface area contributed by atoms with Crippen molar-refractivity contribution in [2.24, 2.45) is 0 Å². The van der Waals surface area contributed by atoms with Gasteiger partial charge in [0.2, 0.25) is 5.91 Å². The molecule has 0 aliphatic rings. The Bertz CT molecular complexity index is 1050. The summed E-state index contributed by atoms with van der Waals surface area (Å²) in [6, 6.07) is 11.2. The Labute approximate surface area is 176 Å². The van der Waals surface area contributed by atoms with Crippen LogP contribution in [0, 0.1) is 0 Å². The zero-order chi connectivity index (χ0) is 21.0. The lowest BCUT2D eigenvalue weighted by atomic mass is 10.2. The summed E-state index contributed by atoms with van der Waals surface area (Å²) in [5.74, 6) is -0.676. The van der Waals surface area contributed by atoms with Crippen LogP contribution in [0.5, 0.6) is 11.5 Å². The number of hydrogen-bond acceptors (Lipinski definition) is 7. The third-order valence-corrected chi connectivity index (χ3v) is 5.01. The number of rotatable bonds is 6. The lowest BCUT2D eigenvalue weighted by Crippen LogP contribution is -2.23. The molecule has 0 saturated carbocycles. The second-order valence-electron chi connectivity index (χ2n) is 5.89. The molecule has 7 nitrogen and oxygen atoms in total. The number of phenols is 1. The molecule has 1 aromatic heterocycles. The van der Waals surface area contributed by atoms with Crippen molar-refractivity contribution in [3.63, 3.8) is 0 Å². The van der Waals surface area contributed by atoms with Gasteiger partial charge in [0.25, 0.3) is 0 Å². The second kappa shape index (κ2) is 8.93. The minimum atomic E-state index is -0.707. The second-order valence-corrected chi connectivity index (χ2v) is 7.16. The van der Waals surface area contributed by atoms with E-state index in [0.29, 0.717) is 27.3 Å². The highest BCUT2D eigenvalue weighted by Gasteiger charge is 2.22. The molecular weight excluding hydrogens is 416 g/mol. The third-order valence-electron chi connectivity index (χ3n) is 3.90. The Morgan fingerprint density at radius 3 is 2.69 bits per heavy atom. The van der Waals surface area contributed by atoms with Gasteiger partial charge in [-0.3, -0.25) is 9.69 Å². The van der Waals surface area contributed by atoms with Gasteiger partial charge in [0.1, 0.15) is 23.7 Å². The largest absolute Gasteiger partial charge is 0.507 e. The number of aromatic hydroxyl groups is 1. The van der Waals surface area contributed by atoms with Gasteiger partial charge in [0, 0.05) is 17.3 Å². The molecule has 0 unspecified atom stereocenters. The first-order chi connectivity index (χ1) is 13.9. The van der Waals surface area contributed by atoms with E-state index in [1.165, 1.54) is 48.5 Å². The summed E-state index contributed by atoms with van der Waals surface area (Å²) in [6.45, 7) is 1.31. The van der Waals surface area contributed by atoms with Crippen molar-refractivity contribution >= 4 is 45.6 Å². The summed E-state index contributed by atoms with van der Waals surface area (Å²) in [7, 11) is 1.52. The Hall–Kier alpha value is -3.10. The molecule has 2 aromatic carbocycles. The molecule has 1 amide bonds. The first-order valence-corrected chi connectivity index (χ1v) is 9.70. The van der Waals surface area contributed by atoms with Crippen LogP contribution in [0.2, 0.25) is 5.02 Å². The van der Waals surface area contributed by atoms with Crippen LogP contribution in [0.4, 0.5) is 10.8 Å². The molecule has 1 N–H and O–H groups in total.